The quantitative estimate of drug-likeness (QED) is 0.0435. The van der Waals surface area contributed by atoms with Gasteiger partial charge < -0.3 is 34.7 Å². The van der Waals surface area contributed by atoms with Crippen molar-refractivity contribution in [2.75, 3.05) is 63.1 Å². The number of rotatable bonds is 19. The van der Waals surface area contributed by atoms with Crippen LogP contribution < -0.4 is 26.2 Å². The lowest BCUT2D eigenvalue weighted by Gasteiger charge is -2.25. The maximum Gasteiger partial charge on any atom is 0.313 e. The van der Waals surface area contributed by atoms with Crippen LogP contribution in [-0.4, -0.2) is 90.9 Å². The van der Waals surface area contributed by atoms with Crippen LogP contribution in [0.3, 0.4) is 0 Å². The number of nitrogens with zero attached hydrogens (tertiary/aromatic N) is 4. The number of aliphatic hydroxyl groups excluding tert-OH is 1. The number of benzene rings is 1. The standard InChI is InChI=1S/C32H50FN7O6/c1-2-26(27-10-7-14-35-27)36-31-37-30(23-8-5-3-4-6-9-23)38-32(39-31)40(34)24-11-12-28(25(33)22-24)46-29(42)13-16-43-18-20-45-21-19-44-17-15-41/h11-12,22-23,26-27,35,41H,2-10,13-21,34H2,1H3,(H,36,37,38,39). The lowest BCUT2D eigenvalue weighted by atomic mass is 10.00. The highest BCUT2D eigenvalue weighted by Crippen LogP contribution is 2.32. The normalized spacial score (nSPS) is 17.9. The van der Waals surface area contributed by atoms with Crippen molar-refractivity contribution < 1.29 is 33.2 Å². The van der Waals surface area contributed by atoms with E-state index in [-0.39, 0.29) is 56.5 Å². The third kappa shape index (κ3) is 11.4. The molecule has 1 aliphatic carbocycles. The van der Waals surface area contributed by atoms with E-state index in [1.165, 1.54) is 30.0 Å². The summed E-state index contributed by atoms with van der Waals surface area (Å²) in [6, 6.07) is 4.60. The van der Waals surface area contributed by atoms with Crippen LogP contribution in [0.15, 0.2) is 18.2 Å². The molecular formula is C32H50FN7O6. The third-order valence-electron chi connectivity index (χ3n) is 8.26. The summed E-state index contributed by atoms with van der Waals surface area (Å²) in [5.41, 5.74) is 0.302. The van der Waals surface area contributed by atoms with Crippen LogP contribution in [0.5, 0.6) is 5.75 Å². The van der Waals surface area contributed by atoms with Crippen LogP contribution >= 0.6 is 0 Å². The van der Waals surface area contributed by atoms with Crippen molar-refractivity contribution in [3.63, 3.8) is 0 Å². The molecule has 5 N–H and O–H groups in total. The van der Waals surface area contributed by atoms with Gasteiger partial charge in [0.2, 0.25) is 11.9 Å². The fourth-order valence-corrected chi connectivity index (χ4v) is 5.75. The highest BCUT2D eigenvalue weighted by atomic mass is 19.1. The second kappa shape index (κ2) is 19.6. The van der Waals surface area contributed by atoms with Gasteiger partial charge in [0.05, 0.1) is 58.4 Å². The topological polar surface area (TPSA) is 166 Å². The fourth-order valence-electron chi connectivity index (χ4n) is 5.75. The van der Waals surface area contributed by atoms with E-state index >= 15 is 4.39 Å². The molecule has 13 nitrogen and oxygen atoms in total. The number of ether oxygens (including phenoxy) is 4. The predicted octanol–water partition coefficient (Wildman–Crippen LogP) is 3.74. The van der Waals surface area contributed by atoms with Gasteiger partial charge in [0.15, 0.2) is 11.6 Å². The zero-order valence-corrected chi connectivity index (χ0v) is 26.9. The number of halogens is 1. The number of carbonyl (C=O) groups is 1. The molecule has 1 aromatic carbocycles. The minimum absolute atomic E-state index is 0.0305. The van der Waals surface area contributed by atoms with Crippen molar-refractivity contribution in [2.24, 2.45) is 5.84 Å². The summed E-state index contributed by atoms with van der Waals surface area (Å²) in [5, 5.41) is 17.0. The summed E-state index contributed by atoms with van der Waals surface area (Å²) >= 11 is 0. The zero-order chi connectivity index (χ0) is 32.6. The Morgan fingerprint density at radius 2 is 1.74 bits per heavy atom. The van der Waals surface area contributed by atoms with Gasteiger partial charge in [0, 0.05) is 24.1 Å². The van der Waals surface area contributed by atoms with Gasteiger partial charge >= 0.3 is 5.97 Å². The molecule has 0 bridgehead atoms. The number of hydrazine groups is 1. The summed E-state index contributed by atoms with van der Waals surface area (Å²) in [4.78, 5) is 26.6. The predicted molar refractivity (Wildman–Crippen MR) is 172 cm³/mol. The van der Waals surface area contributed by atoms with Gasteiger partial charge in [-0.2, -0.15) is 15.0 Å². The van der Waals surface area contributed by atoms with Gasteiger partial charge in [-0.25, -0.2) is 15.2 Å². The Morgan fingerprint density at radius 3 is 2.39 bits per heavy atom. The number of nitrogens with two attached hydrogens (primary N) is 1. The molecule has 2 aliphatic rings. The van der Waals surface area contributed by atoms with Crippen LogP contribution in [0.1, 0.15) is 82.9 Å². The molecule has 1 saturated heterocycles. The first-order valence-corrected chi connectivity index (χ1v) is 16.6. The molecule has 0 spiro atoms. The summed E-state index contributed by atoms with van der Waals surface area (Å²) in [5.74, 6) is 6.50. The molecular weight excluding hydrogens is 597 g/mol. The summed E-state index contributed by atoms with van der Waals surface area (Å²) in [7, 11) is 0. The first-order chi connectivity index (χ1) is 22.5. The molecule has 0 radical (unpaired) electrons. The molecule has 4 rings (SSSR count). The second-order valence-electron chi connectivity index (χ2n) is 11.6. The smallest absolute Gasteiger partial charge is 0.313 e. The summed E-state index contributed by atoms with van der Waals surface area (Å²) < 4.78 is 36.1. The SMILES string of the molecule is CCC(Nc1nc(C2CCCCCC2)nc(N(N)c2ccc(OC(=O)CCOCCOCCOCCO)c(F)c2)n1)C1CCCN1. The molecule has 46 heavy (non-hydrogen) atoms. The van der Waals surface area contributed by atoms with E-state index in [4.69, 9.17) is 39.9 Å². The number of hydrogen-bond donors (Lipinski definition) is 4. The van der Waals surface area contributed by atoms with E-state index < -0.39 is 11.8 Å². The van der Waals surface area contributed by atoms with E-state index in [0.29, 0.717) is 43.3 Å². The Morgan fingerprint density at radius 1 is 1.02 bits per heavy atom. The second-order valence-corrected chi connectivity index (χ2v) is 11.6. The maximum absolute atomic E-state index is 15.1. The van der Waals surface area contributed by atoms with Gasteiger partial charge in [0.1, 0.15) is 5.82 Å². The molecule has 2 unspecified atom stereocenters. The highest BCUT2D eigenvalue weighted by molar-refractivity contribution is 5.73. The Balaban J connectivity index is 1.36. The first-order valence-electron chi connectivity index (χ1n) is 16.6. The van der Waals surface area contributed by atoms with Gasteiger partial charge in [-0.3, -0.25) is 4.79 Å². The van der Waals surface area contributed by atoms with Crippen molar-refractivity contribution in [2.45, 2.75) is 89.1 Å². The number of aliphatic hydroxyl groups is 1. The number of aromatic nitrogens is 3. The average molecular weight is 648 g/mol. The lowest BCUT2D eigenvalue weighted by Crippen LogP contribution is -2.40. The van der Waals surface area contributed by atoms with Crippen LogP contribution in [0.25, 0.3) is 0 Å². The maximum atomic E-state index is 15.1. The van der Waals surface area contributed by atoms with E-state index in [1.807, 2.05) is 0 Å². The lowest BCUT2D eigenvalue weighted by molar-refractivity contribution is -0.135. The van der Waals surface area contributed by atoms with E-state index in [9.17, 15) is 4.79 Å². The van der Waals surface area contributed by atoms with Crippen LogP contribution in [0.4, 0.5) is 22.0 Å². The molecule has 1 saturated carbocycles. The van der Waals surface area contributed by atoms with Crippen molar-refractivity contribution in [3.8, 4) is 5.75 Å². The van der Waals surface area contributed by atoms with Crippen molar-refractivity contribution in [1.29, 1.82) is 0 Å². The molecule has 2 aromatic rings. The Labute approximate surface area is 270 Å². The highest BCUT2D eigenvalue weighted by Gasteiger charge is 2.26. The fraction of sp³-hybridized carbons (Fsp3) is 0.688. The Hall–Kier alpha value is -3.01. The molecule has 2 fully saturated rings. The monoisotopic (exact) mass is 647 g/mol. The van der Waals surface area contributed by atoms with Crippen molar-refractivity contribution >= 4 is 23.6 Å². The average Bonchev–Trinajstić information content (AvgIpc) is 3.46. The molecule has 1 aromatic heterocycles. The summed E-state index contributed by atoms with van der Waals surface area (Å²) in [6.45, 7) is 4.87. The minimum atomic E-state index is -0.742. The number of esters is 1. The molecule has 256 valence electrons. The van der Waals surface area contributed by atoms with Crippen molar-refractivity contribution in [1.82, 2.24) is 20.3 Å². The van der Waals surface area contributed by atoms with E-state index in [2.05, 4.69) is 22.5 Å². The zero-order valence-electron chi connectivity index (χ0n) is 26.9. The van der Waals surface area contributed by atoms with E-state index in [0.717, 1.165) is 51.5 Å². The molecule has 14 heteroatoms. The van der Waals surface area contributed by atoms with Gasteiger partial charge in [-0.05, 0) is 50.8 Å². The third-order valence-corrected chi connectivity index (χ3v) is 8.26. The molecule has 1 aliphatic heterocycles. The van der Waals surface area contributed by atoms with Gasteiger partial charge in [-0.1, -0.05) is 32.6 Å². The largest absolute Gasteiger partial charge is 0.423 e. The first kappa shape index (κ1) is 35.8. The van der Waals surface area contributed by atoms with Crippen molar-refractivity contribution in [3.05, 3.63) is 29.8 Å². The summed E-state index contributed by atoms with van der Waals surface area (Å²) in [6.07, 6.45) is 9.74. The number of carbonyl (C=O) groups excluding carboxylic acids is 1. The number of anilines is 3. The van der Waals surface area contributed by atoms with Gasteiger partial charge in [0.25, 0.3) is 0 Å². The van der Waals surface area contributed by atoms with Gasteiger partial charge in [-0.15, -0.1) is 0 Å². The van der Waals surface area contributed by atoms with Crippen LogP contribution in [0.2, 0.25) is 0 Å². The molecule has 2 atom stereocenters. The molecule has 0 amide bonds. The molecule has 2 heterocycles. The van der Waals surface area contributed by atoms with Crippen LogP contribution in [-0.2, 0) is 19.0 Å². The minimum Gasteiger partial charge on any atom is -0.423 e. The number of nitrogens with one attached hydrogen (secondary N) is 2. The van der Waals surface area contributed by atoms with E-state index in [1.54, 1.807) is 6.07 Å². The number of hydrogen-bond acceptors (Lipinski definition) is 13. The van der Waals surface area contributed by atoms with Crippen LogP contribution in [0, 0.1) is 5.82 Å². The Bertz CT molecular complexity index is 1200. The Kier molecular flexibility index (Phi) is 15.3.